The first kappa shape index (κ1) is 16.4. The predicted molar refractivity (Wildman–Crippen MR) is 74.9 cm³/mol. The highest BCUT2D eigenvalue weighted by Crippen LogP contribution is 2.20. The fourth-order valence-corrected chi connectivity index (χ4v) is 1.78. The summed E-state index contributed by atoms with van der Waals surface area (Å²) in [5.74, 6) is -1.11. The number of hydrogen-bond acceptors (Lipinski definition) is 4. The number of rotatable bonds is 6. The number of carbonyl (C=O) groups is 2. The molecular formula is C13H17N3O5. The normalized spacial score (nSPS) is 11.5. The zero-order valence-corrected chi connectivity index (χ0v) is 11.8. The molecule has 0 aliphatic rings. The van der Waals surface area contributed by atoms with Gasteiger partial charge in [0.2, 0.25) is 0 Å². The van der Waals surface area contributed by atoms with Crippen molar-refractivity contribution in [3.05, 3.63) is 39.4 Å². The minimum Gasteiger partial charge on any atom is -0.480 e. The summed E-state index contributed by atoms with van der Waals surface area (Å²) in [6.45, 7) is 3.32. The number of carbonyl (C=O) groups excluding carboxylic acids is 1. The second kappa shape index (κ2) is 7.22. The third kappa shape index (κ3) is 4.44. The number of amides is 2. The Hall–Kier alpha value is -2.64. The molecule has 0 radical (unpaired) electrons. The van der Waals surface area contributed by atoms with E-state index in [-0.39, 0.29) is 18.7 Å². The van der Waals surface area contributed by atoms with Crippen LogP contribution in [0.15, 0.2) is 18.2 Å². The van der Waals surface area contributed by atoms with Crippen LogP contribution in [0.3, 0.4) is 0 Å². The number of carboxylic acids is 1. The van der Waals surface area contributed by atoms with E-state index in [9.17, 15) is 19.7 Å². The van der Waals surface area contributed by atoms with Crippen molar-refractivity contribution in [1.82, 2.24) is 10.6 Å². The summed E-state index contributed by atoms with van der Waals surface area (Å²) in [7, 11) is 0. The molecule has 0 aromatic heterocycles. The number of urea groups is 1. The molecule has 0 fully saturated rings. The molecule has 114 valence electrons. The lowest BCUT2D eigenvalue weighted by Crippen LogP contribution is -2.45. The number of nitrogens with zero attached hydrogens (tertiary/aromatic N) is 1. The molecule has 3 N–H and O–H groups in total. The smallest absolute Gasteiger partial charge is 0.326 e. The van der Waals surface area contributed by atoms with E-state index < -0.39 is 23.0 Å². The molecule has 8 heteroatoms. The Kier molecular flexibility index (Phi) is 5.65. The summed E-state index contributed by atoms with van der Waals surface area (Å²) in [5.41, 5.74) is 1.04. The Morgan fingerprint density at radius 1 is 1.43 bits per heavy atom. The molecule has 1 rings (SSSR count). The van der Waals surface area contributed by atoms with Gasteiger partial charge in [-0.1, -0.05) is 19.1 Å². The monoisotopic (exact) mass is 295 g/mol. The Balaban J connectivity index is 2.67. The van der Waals surface area contributed by atoms with Crippen LogP contribution in [0.2, 0.25) is 0 Å². The van der Waals surface area contributed by atoms with Gasteiger partial charge in [-0.2, -0.15) is 0 Å². The van der Waals surface area contributed by atoms with Gasteiger partial charge >= 0.3 is 12.0 Å². The minimum atomic E-state index is -1.11. The van der Waals surface area contributed by atoms with E-state index >= 15 is 0 Å². The number of hydrogen-bond donors (Lipinski definition) is 3. The van der Waals surface area contributed by atoms with Crippen molar-refractivity contribution in [1.29, 1.82) is 0 Å². The van der Waals surface area contributed by atoms with Crippen LogP contribution in [0.25, 0.3) is 0 Å². The summed E-state index contributed by atoms with van der Waals surface area (Å²) in [5, 5.41) is 24.4. The zero-order valence-electron chi connectivity index (χ0n) is 11.8. The van der Waals surface area contributed by atoms with E-state index in [0.29, 0.717) is 11.1 Å². The molecule has 8 nitrogen and oxygen atoms in total. The van der Waals surface area contributed by atoms with E-state index in [0.717, 1.165) is 0 Å². The average Bonchev–Trinajstić information content (AvgIpc) is 2.42. The van der Waals surface area contributed by atoms with E-state index in [4.69, 9.17) is 5.11 Å². The van der Waals surface area contributed by atoms with Crippen LogP contribution in [-0.4, -0.2) is 28.1 Å². The second-order valence-electron chi connectivity index (χ2n) is 4.44. The lowest BCUT2D eigenvalue weighted by atomic mass is 10.1. The minimum absolute atomic E-state index is 0.0216. The second-order valence-corrected chi connectivity index (χ2v) is 4.44. The first-order valence-corrected chi connectivity index (χ1v) is 6.36. The van der Waals surface area contributed by atoms with Crippen LogP contribution < -0.4 is 10.6 Å². The van der Waals surface area contributed by atoms with E-state index in [1.165, 1.54) is 12.1 Å². The van der Waals surface area contributed by atoms with Crippen LogP contribution in [0.1, 0.15) is 24.5 Å². The fourth-order valence-electron chi connectivity index (χ4n) is 1.78. The largest absolute Gasteiger partial charge is 0.480 e. The highest BCUT2D eigenvalue weighted by atomic mass is 16.6. The first-order valence-electron chi connectivity index (χ1n) is 6.36. The van der Waals surface area contributed by atoms with Gasteiger partial charge in [-0.05, 0) is 18.9 Å². The van der Waals surface area contributed by atoms with Crippen molar-refractivity contribution >= 4 is 17.7 Å². The summed E-state index contributed by atoms with van der Waals surface area (Å²) in [6.07, 6.45) is 0.262. The molecular weight excluding hydrogens is 278 g/mol. The van der Waals surface area contributed by atoms with Gasteiger partial charge in [0, 0.05) is 18.2 Å². The predicted octanol–water partition coefficient (Wildman–Crippen LogP) is 1.57. The van der Waals surface area contributed by atoms with Gasteiger partial charge in [-0.3, -0.25) is 10.1 Å². The Morgan fingerprint density at radius 3 is 2.62 bits per heavy atom. The lowest BCUT2D eigenvalue weighted by Gasteiger charge is -2.13. The number of aliphatic carboxylic acids is 1. The first-order chi connectivity index (χ1) is 9.86. The van der Waals surface area contributed by atoms with Crippen LogP contribution in [0.5, 0.6) is 0 Å². The van der Waals surface area contributed by atoms with Gasteiger partial charge in [0.25, 0.3) is 5.69 Å². The van der Waals surface area contributed by atoms with Gasteiger partial charge in [-0.15, -0.1) is 0 Å². The summed E-state index contributed by atoms with van der Waals surface area (Å²) in [6, 6.07) is 2.99. The number of nitro benzene ring substituents is 1. The van der Waals surface area contributed by atoms with Crippen molar-refractivity contribution in [2.45, 2.75) is 32.9 Å². The van der Waals surface area contributed by atoms with E-state index in [1.807, 2.05) is 0 Å². The van der Waals surface area contributed by atoms with Crippen molar-refractivity contribution in [2.75, 3.05) is 0 Å². The number of benzene rings is 1. The molecule has 0 heterocycles. The molecule has 0 aliphatic heterocycles. The van der Waals surface area contributed by atoms with Crippen LogP contribution in [0, 0.1) is 17.0 Å². The summed E-state index contributed by atoms with van der Waals surface area (Å²) < 4.78 is 0. The number of carboxylic acid groups (broad SMARTS) is 1. The Labute approximate surface area is 121 Å². The number of nitrogens with one attached hydrogen (secondary N) is 2. The van der Waals surface area contributed by atoms with Gasteiger partial charge in [-0.25, -0.2) is 9.59 Å². The number of nitro groups is 1. The maximum atomic E-state index is 11.6. The molecule has 0 spiro atoms. The maximum Gasteiger partial charge on any atom is 0.326 e. The Morgan fingerprint density at radius 2 is 2.10 bits per heavy atom. The molecule has 2 amide bonds. The average molecular weight is 295 g/mol. The van der Waals surface area contributed by atoms with Gasteiger partial charge in [0.15, 0.2) is 0 Å². The van der Waals surface area contributed by atoms with Crippen LogP contribution >= 0.6 is 0 Å². The maximum absolute atomic E-state index is 11.6. The molecule has 0 saturated carbocycles. The molecule has 0 unspecified atom stereocenters. The highest BCUT2D eigenvalue weighted by molar-refractivity contribution is 5.82. The summed E-state index contributed by atoms with van der Waals surface area (Å²) in [4.78, 5) is 32.7. The topological polar surface area (TPSA) is 122 Å². The third-order valence-electron chi connectivity index (χ3n) is 3.07. The zero-order chi connectivity index (χ0) is 16.0. The van der Waals surface area contributed by atoms with Crippen molar-refractivity contribution < 1.29 is 19.6 Å². The Bertz CT molecular complexity index is 559. The van der Waals surface area contributed by atoms with Crippen LogP contribution in [-0.2, 0) is 11.3 Å². The van der Waals surface area contributed by atoms with Gasteiger partial charge in [0.1, 0.15) is 6.04 Å². The lowest BCUT2D eigenvalue weighted by molar-refractivity contribution is -0.385. The molecule has 1 aromatic rings. The van der Waals surface area contributed by atoms with E-state index in [1.54, 1.807) is 19.9 Å². The van der Waals surface area contributed by atoms with Crippen molar-refractivity contribution in [3.63, 3.8) is 0 Å². The molecule has 1 aromatic carbocycles. The molecule has 0 bridgehead atoms. The standard InChI is InChI=1S/C13H17N3O5/c1-3-10(12(17)18)15-13(19)14-7-9-5-4-6-11(8(9)2)16(20)21/h4-6,10H,3,7H2,1-2H3,(H,17,18)(H2,14,15,19)/t10-/m1/s1. The summed E-state index contributed by atoms with van der Waals surface area (Å²) >= 11 is 0. The third-order valence-corrected chi connectivity index (χ3v) is 3.07. The molecule has 1 atom stereocenters. The van der Waals surface area contributed by atoms with Gasteiger partial charge in [0.05, 0.1) is 4.92 Å². The van der Waals surface area contributed by atoms with Crippen molar-refractivity contribution in [2.24, 2.45) is 0 Å². The quantitative estimate of drug-likeness (QED) is 0.543. The van der Waals surface area contributed by atoms with Crippen molar-refractivity contribution in [3.8, 4) is 0 Å². The van der Waals surface area contributed by atoms with E-state index in [2.05, 4.69) is 10.6 Å². The SMILES string of the molecule is CC[C@@H](NC(=O)NCc1cccc([N+](=O)[O-])c1C)C(=O)O. The van der Waals surface area contributed by atoms with Gasteiger partial charge < -0.3 is 15.7 Å². The molecule has 21 heavy (non-hydrogen) atoms. The molecule has 0 saturated heterocycles. The van der Waals surface area contributed by atoms with Crippen LogP contribution in [0.4, 0.5) is 10.5 Å². The molecule has 0 aliphatic carbocycles. The highest BCUT2D eigenvalue weighted by Gasteiger charge is 2.18. The fraction of sp³-hybridized carbons (Fsp3) is 0.385.